The Kier molecular flexibility index (Phi) is 4.22. The lowest BCUT2D eigenvalue weighted by Gasteiger charge is -2.25. The summed E-state index contributed by atoms with van der Waals surface area (Å²) in [5, 5.41) is 3.50. The molecule has 3 heterocycles. The van der Waals surface area contributed by atoms with E-state index in [9.17, 15) is 0 Å². The number of hydrogen-bond acceptors (Lipinski definition) is 4. The lowest BCUT2D eigenvalue weighted by Crippen LogP contribution is -2.42. The SMILES string of the molecule is CN=C(NCCc1ccc2c(c1)OCO2)N1CCC2(CCOC2)C1. The summed E-state index contributed by atoms with van der Waals surface area (Å²) < 4.78 is 16.4. The van der Waals surface area contributed by atoms with Crippen molar-refractivity contribution in [2.24, 2.45) is 10.4 Å². The van der Waals surface area contributed by atoms with Crippen LogP contribution in [-0.2, 0) is 11.2 Å². The average Bonchev–Trinajstić information content (AvgIpc) is 3.33. The van der Waals surface area contributed by atoms with Crippen LogP contribution in [0, 0.1) is 5.41 Å². The number of rotatable bonds is 3. The van der Waals surface area contributed by atoms with Gasteiger partial charge < -0.3 is 24.4 Å². The molecule has 1 N–H and O–H groups in total. The number of ether oxygens (including phenoxy) is 3. The van der Waals surface area contributed by atoms with Gasteiger partial charge in [0.1, 0.15) is 0 Å². The molecule has 3 aliphatic heterocycles. The third kappa shape index (κ3) is 3.02. The standard InChI is InChI=1S/C18H25N3O3/c1-19-17(21-8-5-18(11-21)6-9-22-12-18)20-7-4-14-2-3-15-16(10-14)24-13-23-15/h2-3,10H,4-9,11-13H2,1H3,(H,19,20). The molecular weight excluding hydrogens is 306 g/mol. The van der Waals surface area contributed by atoms with Crippen molar-refractivity contribution in [1.82, 2.24) is 10.2 Å². The summed E-state index contributed by atoms with van der Waals surface area (Å²) in [6.45, 7) is 5.10. The Morgan fingerprint density at radius 1 is 1.29 bits per heavy atom. The lowest BCUT2D eigenvalue weighted by molar-refractivity contribution is 0.156. The number of guanidine groups is 1. The summed E-state index contributed by atoms with van der Waals surface area (Å²) in [4.78, 5) is 6.83. The first-order valence-corrected chi connectivity index (χ1v) is 8.70. The fourth-order valence-corrected chi connectivity index (χ4v) is 3.83. The minimum atomic E-state index is 0.324. The van der Waals surface area contributed by atoms with Gasteiger partial charge in [0.25, 0.3) is 0 Å². The van der Waals surface area contributed by atoms with E-state index >= 15 is 0 Å². The van der Waals surface area contributed by atoms with Gasteiger partial charge in [-0.15, -0.1) is 0 Å². The van der Waals surface area contributed by atoms with Crippen LogP contribution >= 0.6 is 0 Å². The third-order valence-electron chi connectivity index (χ3n) is 5.27. The van der Waals surface area contributed by atoms with E-state index in [0.717, 1.165) is 56.7 Å². The molecule has 24 heavy (non-hydrogen) atoms. The van der Waals surface area contributed by atoms with Gasteiger partial charge in [-0.1, -0.05) is 6.07 Å². The molecule has 130 valence electrons. The summed E-state index contributed by atoms with van der Waals surface area (Å²) >= 11 is 0. The fraction of sp³-hybridized carbons (Fsp3) is 0.611. The van der Waals surface area contributed by atoms with E-state index < -0.39 is 0 Å². The Morgan fingerprint density at radius 3 is 3.04 bits per heavy atom. The van der Waals surface area contributed by atoms with E-state index in [0.29, 0.717) is 12.2 Å². The number of likely N-dealkylation sites (tertiary alicyclic amines) is 1. The van der Waals surface area contributed by atoms with Crippen LogP contribution in [0.5, 0.6) is 11.5 Å². The zero-order chi connectivity index (χ0) is 16.4. The molecule has 0 bridgehead atoms. The number of nitrogens with zero attached hydrogens (tertiary/aromatic N) is 2. The second kappa shape index (κ2) is 6.51. The summed E-state index contributed by atoms with van der Waals surface area (Å²) in [6.07, 6.45) is 3.31. The van der Waals surface area contributed by atoms with Crippen LogP contribution in [0.1, 0.15) is 18.4 Å². The number of hydrogen-bond donors (Lipinski definition) is 1. The van der Waals surface area contributed by atoms with Crippen LogP contribution in [0.3, 0.4) is 0 Å². The van der Waals surface area contributed by atoms with Gasteiger partial charge in [-0.25, -0.2) is 0 Å². The minimum Gasteiger partial charge on any atom is -0.454 e. The quantitative estimate of drug-likeness (QED) is 0.674. The van der Waals surface area contributed by atoms with Crippen LogP contribution in [-0.4, -0.2) is 57.5 Å². The summed E-state index contributed by atoms with van der Waals surface area (Å²) in [6, 6.07) is 6.14. The highest BCUT2D eigenvalue weighted by atomic mass is 16.7. The van der Waals surface area contributed by atoms with Crippen LogP contribution < -0.4 is 14.8 Å². The van der Waals surface area contributed by atoms with Crippen molar-refractivity contribution in [3.05, 3.63) is 23.8 Å². The molecule has 6 heteroatoms. The van der Waals surface area contributed by atoms with E-state index in [1.54, 1.807) is 0 Å². The second-order valence-electron chi connectivity index (χ2n) is 6.89. The normalized spacial score (nSPS) is 25.7. The van der Waals surface area contributed by atoms with Gasteiger partial charge in [0.2, 0.25) is 6.79 Å². The highest BCUT2D eigenvalue weighted by Gasteiger charge is 2.42. The second-order valence-corrected chi connectivity index (χ2v) is 6.89. The van der Waals surface area contributed by atoms with Crippen molar-refractivity contribution in [1.29, 1.82) is 0 Å². The van der Waals surface area contributed by atoms with Gasteiger partial charge in [-0.3, -0.25) is 4.99 Å². The van der Waals surface area contributed by atoms with E-state index in [1.165, 1.54) is 18.4 Å². The highest BCUT2D eigenvalue weighted by molar-refractivity contribution is 5.80. The van der Waals surface area contributed by atoms with Crippen molar-refractivity contribution in [2.45, 2.75) is 19.3 Å². The largest absolute Gasteiger partial charge is 0.454 e. The Labute approximate surface area is 142 Å². The Bertz CT molecular complexity index is 626. The van der Waals surface area contributed by atoms with Gasteiger partial charge in [0.05, 0.1) is 6.61 Å². The molecule has 0 aliphatic carbocycles. The van der Waals surface area contributed by atoms with E-state index in [2.05, 4.69) is 27.3 Å². The van der Waals surface area contributed by atoms with Gasteiger partial charge in [-0.05, 0) is 37.0 Å². The molecule has 0 amide bonds. The van der Waals surface area contributed by atoms with E-state index in [-0.39, 0.29) is 0 Å². The summed E-state index contributed by atoms with van der Waals surface area (Å²) in [5.41, 5.74) is 1.60. The van der Waals surface area contributed by atoms with Crippen molar-refractivity contribution in [2.75, 3.05) is 46.7 Å². The van der Waals surface area contributed by atoms with Gasteiger partial charge in [-0.2, -0.15) is 0 Å². The van der Waals surface area contributed by atoms with Crippen LogP contribution in [0.2, 0.25) is 0 Å². The predicted molar refractivity (Wildman–Crippen MR) is 91.7 cm³/mol. The lowest BCUT2D eigenvalue weighted by atomic mass is 9.87. The predicted octanol–water partition coefficient (Wildman–Crippen LogP) is 1.65. The zero-order valence-electron chi connectivity index (χ0n) is 14.2. The molecule has 1 spiro atoms. The van der Waals surface area contributed by atoms with Crippen LogP contribution in [0.25, 0.3) is 0 Å². The number of benzene rings is 1. The third-order valence-corrected chi connectivity index (χ3v) is 5.27. The maximum atomic E-state index is 5.61. The monoisotopic (exact) mass is 331 g/mol. The molecule has 1 atom stereocenters. The van der Waals surface area contributed by atoms with Crippen molar-refractivity contribution < 1.29 is 14.2 Å². The zero-order valence-corrected chi connectivity index (χ0v) is 14.2. The van der Waals surface area contributed by atoms with Crippen molar-refractivity contribution >= 4 is 5.96 Å². The molecule has 0 saturated carbocycles. The van der Waals surface area contributed by atoms with Gasteiger partial charge >= 0.3 is 0 Å². The van der Waals surface area contributed by atoms with Gasteiger partial charge in [0.15, 0.2) is 17.5 Å². The topological polar surface area (TPSA) is 55.3 Å². The van der Waals surface area contributed by atoms with E-state index in [4.69, 9.17) is 14.2 Å². The number of nitrogens with one attached hydrogen (secondary N) is 1. The minimum absolute atomic E-state index is 0.324. The van der Waals surface area contributed by atoms with Crippen LogP contribution in [0.15, 0.2) is 23.2 Å². The van der Waals surface area contributed by atoms with Crippen molar-refractivity contribution in [3.8, 4) is 11.5 Å². The summed E-state index contributed by atoms with van der Waals surface area (Å²) in [7, 11) is 1.86. The number of aliphatic imine (C=N–C) groups is 1. The Hall–Kier alpha value is -1.95. The molecular formula is C18H25N3O3. The average molecular weight is 331 g/mol. The molecule has 3 aliphatic rings. The first-order chi connectivity index (χ1) is 11.8. The first kappa shape index (κ1) is 15.6. The van der Waals surface area contributed by atoms with Crippen molar-refractivity contribution in [3.63, 3.8) is 0 Å². The fourth-order valence-electron chi connectivity index (χ4n) is 3.83. The van der Waals surface area contributed by atoms with Gasteiger partial charge in [0, 0.05) is 38.7 Å². The first-order valence-electron chi connectivity index (χ1n) is 8.70. The number of fused-ring (bicyclic) bond motifs is 1. The molecule has 4 rings (SSSR count). The molecule has 1 aromatic carbocycles. The summed E-state index contributed by atoms with van der Waals surface area (Å²) in [5.74, 6) is 2.68. The Morgan fingerprint density at radius 2 is 2.21 bits per heavy atom. The smallest absolute Gasteiger partial charge is 0.231 e. The molecule has 2 fully saturated rings. The molecule has 2 saturated heterocycles. The Balaban J connectivity index is 1.30. The maximum Gasteiger partial charge on any atom is 0.231 e. The van der Waals surface area contributed by atoms with E-state index in [1.807, 2.05) is 13.1 Å². The molecule has 1 aromatic rings. The molecule has 1 unspecified atom stereocenters. The van der Waals surface area contributed by atoms with Crippen LogP contribution in [0.4, 0.5) is 0 Å². The maximum absolute atomic E-state index is 5.61. The highest BCUT2D eigenvalue weighted by Crippen LogP contribution is 2.38. The molecule has 0 radical (unpaired) electrons. The molecule has 0 aromatic heterocycles. The molecule has 6 nitrogen and oxygen atoms in total.